The molecule has 1 aromatic heterocycles. The van der Waals surface area contributed by atoms with Crippen LogP contribution in [0.2, 0.25) is 5.02 Å². The molecule has 1 aliphatic heterocycles. The van der Waals surface area contributed by atoms with Crippen LogP contribution in [0.25, 0.3) is 6.08 Å². The van der Waals surface area contributed by atoms with Crippen LogP contribution in [-0.4, -0.2) is 23.7 Å². The lowest BCUT2D eigenvalue weighted by Gasteiger charge is -2.26. The van der Waals surface area contributed by atoms with Crippen molar-refractivity contribution in [3.63, 3.8) is 0 Å². The SMILES string of the molecule is CN1C(=O)/C(=C\c2ccc(F)c(Cl)c2)C(=O)c2cc(C#CCc3ccncc3)ccc21. The topological polar surface area (TPSA) is 50.3 Å². The minimum absolute atomic E-state index is 0.0143. The molecule has 0 saturated heterocycles. The molecule has 0 aliphatic carbocycles. The number of aromatic nitrogens is 1. The highest BCUT2D eigenvalue weighted by Crippen LogP contribution is 2.31. The predicted molar refractivity (Wildman–Crippen MR) is 118 cm³/mol. The molecule has 0 bridgehead atoms. The fourth-order valence-electron chi connectivity index (χ4n) is 3.27. The van der Waals surface area contributed by atoms with Crippen molar-refractivity contribution in [1.82, 2.24) is 4.98 Å². The second-order valence-electron chi connectivity index (χ2n) is 6.99. The second-order valence-corrected chi connectivity index (χ2v) is 7.40. The Kier molecular flexibility index (Phi) is 5.66. The molecule has 1 amide bonds. The van der Waals surface area contributed by atoms with E-state index < -0.39 is 17.5 Å². The maximum absolute atomic E-state index is 13.4. The molecule has 3 aromatic rings. The molecule has 4 rings (SSSR count). The summed E-state index contributed by atoms with van der Waals surface area (Å²) in [6.07, 6.45) is 5.41. The van der Waals surface area contributed by atoms with E-state index in [1.54, 1.807) is 37.6 Å². The fraction of sp³-hybridized carbons (Fsp3) is 0.0800. The molecular weight excluding hydrogens is 415 g/mol. The zero-order valence-electron chi connectivity index (χ0n) is 16.5. The Morgan fingerprint density at radius 2 is 1.87 bits per heavy atom. The highest BCUT2D eigenvalue weighted by Gasteiger charge is 2.32. The Morgan fingerprint density at radius 1 is 1.10 bits per heavy atom. The van der Waals surface area contributed by atoms with Gasteiger partial charge in [-0.05, 0) is 59.7 Å². The van der Waals surface area contributed by atoms with Crippen LogP contribution in [0, 0.1) is 17.7 Å². The van der Waals surface area contributed by atoms with E-state index in [1.165, 1.54) is 29.2 Å². The monoisotopic (exact) mass is 430 g/mol. The molecule has 6 heteroatoms. The Hall–Kier alpha value is -3.75. The summed E-state index contributed by atoms with van der Waals surface area (Å²) in [4.78, 5) is 31.3. The predicted octanol–water partition coefficient (Wildman–Crippen LogP) is 4.71. The second kappa shape index (κ2) is 8.55. The van der Waals surface area contributed by atoms with Gasteiger partial charge in [-0.3, -0.25) is 14.6 Å². The average molecular weight is 431 g/mol. The minimum Gasteiger partial charge on any atom is -0.311 e. The van der Waals surface area contributed by atoms with E-state index >= 15 is 0 Å². The van der Waals surface area contributed by atoms with E-state index in [1.807, 2.05) is 12.1 Å². The number of hydrogen-bond acceptors (Lipinski definition) is 3. The van der Waals surface area contributed by atoms with Crippen LogP contribution in [-0.2, 0) is 11.2 Å². The molecular formula is C25H16ClFN2O2. The Morgan fingerprint density at radius 3 is 2.61 bits per heavy atom. The number of rotatable bonds is 2. The van der Waals surface area contributed by atoms with Gasteiger partial charge in [0.05, 0.1) is 16.3 Å². The molecule has 1 aliphatic rings. The van der Waals surface area contributed by atoms with Crippen molar-refractivity contribution in [2.24, 2.45) is 0 Å². The lowest BCUT2D eigenvalue weighted by molar-refractivity contribution is -0.114. The van der Waals surface area contributed by atoms with Crippen LogP contribution in [0.5, 0.6) is 0 Å². The van der Waals surface area contributed by atoms with Gasteiger partial charge in [-0.1, -0.05) is 29.5 Å². The molecule has 2 heterocycles. The summed E-state index contributed by atoms with van der Waals surface area (Å²) in [6.45, 7) is 0. The quantitative estimate of drug-likeness (QED) is 0.336. The number of likely N-dealkylation sites (N-methyl/N-ethyl adjacent to an activating group) is 1. The summed E-state index contributed by atoms with van der Waals surface area (Å²) >= 11 is 5.82. The van der Waals surface area contributed by atoms with Gasteiger partial charge >= 0.3 is 0 Å². The average Bonchev–Trinajstić information content (AvgIpc) is 2.78. The molecule has 2 aromatic carbocycles. The summed E-state index contributed by atoms with van der Waals surface area (Å²) in [5.74, 6) is 4.74. The van der Waals surface area contributed by atoms with Gasteiger partial charge in [0.1, 0.15) is 5.82 Å². The summed E-state index contributed by atoms with van der Waals surface area (Å²) in [7, 11) is 1.61. The van der Waals surface area contributed by atoms with Gasteiger partial charge in [-0.2, -0.15) is 0 Å². The van der Waals surface area contributed by atoms with E-state index in [-0.39, 0.29) is 10.6 Å². The first-order valence-corrected chi connectivity index (χ1v) is 9.83. The highest BCUT2D eigenvalue weighted by molar-refractivity contribution is 6.36. The van der Waals surface area contributed by atoms with Crippen LogP contribution < -0.4 is 4.90 Å². The van der Waals surface area contributed by atoms with Gasteiger partial charge < -0.3 is 4.90 Å². The van der Waals surface area contributed by atoms with Crippen molar-refractivity contribution in [2.45, 2.75) is 6.42 Å². The zero-order valence-corrected chi connectivity index (χ0v) is 17.3. The lowest BCUT2D eigenvalue weighted by atomic mass is 9.92. The number of benzene rings is 2. The number of pyridine rings is 1. The molecule has 0 unspecified atom stereocenters. The number of amides is 1. The molecule has 4 nitrogen and oxygen atoms in total. The van der Waals surface area contributed by atoms with E-state index in [0.29, 0.717) is 28.8 Å². The first-order valence-electron chi connectivity index (χ1n) is 9.45. The maximum Gasteiger partial charge on any atom is 0.262 e. The molecule has 0 spiro atoms. The number of halogens is 2. The molecule has 0 N–H and O–H groups in total. The molecule has 31 heavy (non-hydrogen) atoms. The summed E-state index contributed by atoms with van der Waals surface area (Å²) in [5.41, 5.74) is 3.08. The van der Waals surface area contributed by atoms with E-state index in [0.717, 1.165) is 5.56 Å². The normalized spacial score (nSPS) is 14.3. The van der Waals surface area contributed by atoms with Gasteiger partial charge in [0, 0.05) is 37.0 Å². The van der Waals surface area contributed by atoms with Crippen LogP contribution >= 0.6 is 11.6 Å². The first-order chi connectivity index (χ1) is 14.9. The third-order valence-electron chi connectivity index (χ3n) is 4.91. The van der Waals surface area contributed by atoms with Crippen molar-refractivity contribution >= 4 is 35.1 Å². The van der Waals surface area contributed by atoms with Gasteiger partial charge in [-0.15, -0.1) is 0 Å². The third-order valence-corrected chi connectivity index (χ3v) is 5.20. The first kappa shape index (κ1) is 20.5. The van der Waals surface area contributed by atoms with Gasteiger partial charge in [0.15, 0.2) is 0 Å². The summed E-state index contributed by atoms with van der Waals surface area (Å²) < 4.78 is 13.4. The van der Waals surface area contributed by atoms with Gasteiger partial charge in [0.2, 0.25) is 5.78 Å². The van der Waals surface area contributed by atoms with E-state index in [4.69, 9.17) is 11.6 Å². The number of nitrogens with zero attached hydrogens (tertiary/aromatic N) is 2. The van der Waals surface area contributed by atoms with Gasteiger partial charge in [-0.25, -0.2) is 4.39 Å². The van der Waals surface area contributed by atoms with Crippen molar-refractivity contribution in [2.75, 3.05) is 11.9 Å². The van der Waals surface area contributed by atoms with Crippen molar-refractivity contribution in [3.8, 4) is 11.8 Å². The smallest absolute Gasteiger partial charge is 0.262 e. The molecule has 152 valence electrons. The fourth-order valence-corrected chi connectivity index (χ4v) is 3.45. The molecule has 0 atom stereocenters. The Bertz CT molecular complexity index is 1290. The molecule has 0 radical (unpaired) electrons. The number of Topliss-reactive ketones (excluding diaryl/α,β-unsaturated/α-hetero) is 1. The summed E-state index contributed by atoms with van der Waals surface area (Å²) in [6, 6.07) is 13.0. The van der Waals surface area contributed by atoms with Crippen molar-refractivity contribution < 1.29 is 14.0 Å². The maximum atomic E-state index is 13.4. The number of anilines is 1. The van der Waals surface area contributed by atoms with Crippen molar-refractivity contribution in [3.05, 3.63) is 99.6 Å². The number of carbonyl (C=O) groups is 2. The Balaban J connectivity index is 1.67. The van der Waals surface area contributed by atoms with Crippen LogP contribution in [0.15, 0.2) is 66.5 Å². The third kappa shape index (κ3) is 4.25. The number of hydrogen-bond donors (Lipinski definition) is 0. The molecule has 0 saturated carbocycles. The van der Waals surface area contributed by atoms with E-state index in [2.05, 4.69) is 16.8 Å². The standard InChI is InChI=1S/C25H16ClFN2O2/c1-29-23-8-6-17(4-2-3-16-9-11-28-12-10-16)13-19(23)24(30)20(25(29)31)14-18-5-7-22(27)21(26)15-18/h5-15H,3H2,1H3/b20-14-. The lowest BCUT2D eigenvalue weighted by Crippen LogP contribution is -2.36. The summed E-state index contributed by atoms with van der Waals surface area (Å²) in [5, 5.41) is -0.0782. The van der Waals surface area contributed by atoms with Crippen LogP contribution in [0.1, 0.15) is 27.0 Å². The largest absolute Gasteiger partial charge is 0.311 e. The minimum atomic E-state index is -0.567. The number of carbonyl (C=O) groups excluding carboxylic acids is 2. The zero-order chi connectivity index (χ0) is 22.0. The van der Waals surface area contributed by atoms with Crippen LogP contribution in [0.3, 0.4) is 0 Å². The van der Waals surface area contributed by atoms with E-state index in [9.17, 15) is 14.0 Å². The number of ketones is 1. The van der Waals surface area contributed by atoms with Crippen molar-refractivity contribution in [1.29, 1.82) is 0 Å². The van der Waals surface area contributed by atoms with Crippen LogP contribution in [0.4, 0.5) is 10.1 Å². The van der Waals surface area contributed by atoms with Gasteiger partial charge in [0.25, 0.3) is 5.91 Å². The highest BCUT2D eigenvalue weighted by atomic mass is 35.5. The number of fused-ring (bicyclic) bond motifs is 1. The molecule has 0 fully saturated rings. The Labute approximate surface area is 184 Å².